The Bertz CT molecular complexity index is 405. The SMILES string of the molecule is CO/C(C(=O)O)=C(/OC)c1ccc(O)cc1. The number of aromatic hydroxyl groups is 1. The molecule has 0 saturated heterocycles. The van der Waals surface area contributed by atoms with Crippen LogP contribution in [-0.4, -0.2) is 30.4 Å². The molecule has 0 aliphatic rings. The number of hydrogen-bond acceptors (Lipinski definition) is 4. The van der Waals surface area contributed by atoms with Crippen LogP contribution in [0.2, 0.25) is 0 Å². The van der Waals surface area contributed by atoms with Gasteiger partial charge in [0.05, 0.1) is 14.2 Å². The predicted molar refractivity (Wildman–Crippen MR) is 56.7 cm³/mol. The molecule has 16 heavy (non-hydrogen) atoms. The number of aliphatic carboxylic acids is 1. The van der Waals surface area contributed by atoms with Crippen molar-refractivity contribution < 1.29 is 24.5 Å². The molecule has 0 amide bonds. The first-order valence-electron chi connectivity index (χ1n) is 4.45. The molecule has 2 N–H and O–H groups in total. The van der Waals surface area contributed by atoms with Crippen molar-refractivity contribution in [2.45, 2.75) is 0 Å². The lowest BCUT2D eigenvalue weighted by molar-refractivity contribution is -0.136. The molecular formula is C11H12O5. The number of methoxy groups -OCH3 is 2. The first kappa shape index (κ1) is 11.9. The number of hydrogen-bond donors (Lipinski definition) is 2. The number of benzene rings is 1. The second-order valence-corrected chi connectivity index (χ2v) is 2.92. The van der Waals surface area contributed by atoms with Gasteiger partial charge in [0, 0.05) is 5.56 Å². The Morgan fingerprint density at radius 1 is 1.12 bits per heavy atom. The van der Waals surface area contributed by atoms with E-state index in [9.17, 15) is 4.79 Å². The fourth-order valence-corrected chi connectivity index (χ4v) is 1.23. The maximum atomic E-state index is 10.9. The molecule has 0 atom stereocenters. The molecule has 5 nitrogen and oxygen atoms in total. The number of phenols is 1. The number of carbonyl (C=O) groups is 1. The Labute approximate surface area is 92.5 Å². The van der Waals surface area contributed by atoms with Gasteiger partial charge in [-0.15, -0.1) is 0 Å². The zero-order valence-corrected chi connectivity index (χ0v) is 8.93. The molecule has 0 heterocycles. The molecule has 86 valence electrons. The van der Waals surface area contributed by atoms with Gasteiger partial charge in [-0.3, -0.25) is 0 Å². The molecule has 1 rings (SSSR count). The van der Waals surface area contributed by atoms with Crippen molar-refractivity contribution in [1.29, 1.82) is 0 Å². The highest BCUT2D eigenvalue weighted by molar-refractivity contribution is 5.92. The minimum absolute atomic E-state index is 0.0912. The van der Waals surface area contributed by atoms with Crippen molar-refractivity contribution in [2.75, 3.05) is 14.2 Å². The topological polar surface area (TPSA) is 76.0 Å². The quantitative estimate of drug-likeness (QED) is 0.597. The third kappa shape index (κ3) is 2.44. The van der Waals surface area contributed by atoms with Crippen LogP contribution < -0.4 is 0 Å². The van der Waals surface area contributed by atoms with Crippen LogP contribution in [0.25, 0.3) is 5.76 Å². The average Bonchev–Trinajstić information content (AvgIpc) is 2.26. The van der Waals surface area contributed by atoms with Gasteiger partial charge in [0.2, 0.25) is 5.76 Å². The van der Waals surface area contributed by atoms with Crippen LogP contribution in [0.3, 0.4) is 0 Å². The Morgan fingerprint density at radius 2 is 1.69 bits per heavy atom. The zero-order chi connectivity index (χ0) is 12.1. The van der Waals surface area contributed by atoms with Gasteiger partial charge in [-0.1, -0.05) is 0 Å². The highest BCUT2D eigenvalue weighted by Gasteiger charge is 2.17. The van der Waals surface area contributed by atoms with Gasteiger partial charge < -0.3 is 19.7 Å². The highest BCUT2D eigenvalue weighted by Crippen LogP contribution is 2.22. The van der Waals surface area contributed by atoms with E-state index in [-0.39, 0.29) is 17.3 Å². The summed E-state index contributed by atoms with van der Waals surface area (Å²) >= 11 is 0. The van der Waals surface area contributed by atoms with Gasteiger partial charge in [-0.25, -0.2) is 4.79 Å². The minimum Gasteiger partial charge on any atom is -0.508 e. The molecule has 0 unspecified atom stereocenters. The first-order valence-corrected chi connectivity index (χ1v) is 4.45. The van der Waals surface area contributed by atoms with Gasteiger partial charge in [-0.05, 0) is 24.3 Å². The summed E-state index contributed by atoms with van der Waals surface area (Å²) in [5.41, 5.74) is 0.513. The second kappa shape index (κ2) is 5.06. The molecule has 0 saturated carbocycles. The van der Waals surface area contributed by atoms with Crippen LogP contribution in [0, 0.1) is 0 Å². The summed E-state index contributed by atoms with van der Waals surface area (Å²) in [5, 5.41) is 18.0. The Balaban J connectivity index is 3.24. The number of ether oxygens (including phenoxy) is 2. The van der Waals surface area contributed by atoms with Crippen molar-refractivity contribution in [2.24, 2.45) is 0 Å². The maximum absolute atomic E-state index is 10.9. The van der Waals surface area contributed by atoms with Crippen molar-refractivity contribution in [1.82, 2.24) is 0 Å². The summed E-state index contributed by atoms with van der Waals surface area (Å²) in [6.45, 7) is 0. The fraction of sp³-hybridized carbons (Fsp3) is 0.182. The third-order valence-corrected chi connectivity index (χ3v) is 1.94. The summed E-state index contributed by atoms with van der Waals surface area (Å²) < 4.78 is 9.72. The molecule has 0 bridgehead atoms. The molecule has 0 aliphatic carbocycles. The molecule has 1 aromatic carbocycles. The number of carboxylic acids is 1. The standard InChI is InChI=1S/C11H12O5/c1-15-9(10(16-2)11(13)14)7-3-5-8(12)6-4-7/h3-6,12H,1-2H3,(H,13,14)/b10-9+. The summed E-state index contributed by atoms with van der Waals surface area (Å²) in [7, 11) is 2.60. The zero-order valence-electron chi connectivity index (χ0n) is 8.93. The van der Waals surface area contributed by atoms with Crippen LogP contribution in [0.4, 0.5) is 0 Å². The predicted octanol–water partition coefficient (Wildman–Crippen LogP) is 1.44. The molecule has 1 aromatic rings. The summed E-state index contributed by atoms with van der Waals surface area (Å²) in [4.78, 5) is 10.9. The van der Waals surface area contributed by atoms with Crippen molar-refractivity contribution in [3.8, 4) is 5.75 Å². The molecule has 0 radical (unpaired) electrons. The summed E-state index contributed by atoms with van der Waals surface area (Å²) in [6.07, 6.45) is 0. The van der Waals surface area contributed by atoms with Gasteiger partial charge in [0.25, 0.3) is 0 Å². The first-order chi connectivity index (χ1) is 7.60. The van der Waals surface area contributed by atoms with E-state index in [4.69, 9.17) is 19.7 Å². The van der Waals surface area contributed by atoms with Crippen LogP contribution in [0.5, 0.6) is 5.75 Å². The van der Waals surface area contributed by atoms with Crippen LogP contribution in [-0.2, 0) is 14.3 Å². The number of carboxylic acid groups (broad SMARTS) is 1. The van der Waals surface area contributed by atoms with Crippen molar-refractivity contribution >= 4 is 11.7 Å². The normalized spacial score (nSPS) is 11.6. The maximum Gasteiger partial charge on any atom is 0.375 e. The largest absolute Gasteiger partial charge is 0.508 e. The fourth-order valence-electron chi connectivity index (χ4n) is 1.23. The lowest BCUT2D eigenvalue weighted by atomic mass is 10.1. The molecule has 0 spiro atoms. The third-order valence-electron chi connectivity index (χ3n) is 1.94. The minimum atomic E-state index is -1.22. The van der Waals surface area contributed by atoms with Crippen LogP contribution in [0.15, 0.2) is 30.0 Å². The second-order valence-electron chi connectivity index (χ2n) is 2.92. The van der Waals surface area contributed by atoms with Crippen LogP contribution in [0.1, 0.15) is 5.56 Å². The van der Waals surface area contributed by atoms with Gasteiger partial charge in [0.1, 0.15) is 5.75 Å². The van der Waals surface area contributed by atoms with E-state index in [0.717, 1.165) is 0 Å². The average molecular weight is 224 g/mol. The van der Waals surface area contributed by atoms with E-state index < -0.39 is 5.97 Å². The van der Waals surface area contributed by atoms with Gasteiger partial charge in [0.15, 0.2) is 5.76 Å². The Kier molecular flexibility index (Phi) is 3.77. The summed E-state index contributed by atoms with van der Waals surface area (Å²) in [5.74, 6) is -1.30. The molecule has 0 fully saturated rings. The van der Waals surface area contributed by atoms with Crippen LogP contribution >= 0.6 is 0 Å². The Hall–Kier alpha value is -2.17. The van der Waals surface area contributed by atoms with Crippen molar-refractivity contribution in [3.05, 3.63) is 35.6 Å². The molecule has 0 aliphatic heterocycles. The van der Waals surface area contributed by atoms with Gasteiger partial charge >= 0.3 is 5.97 Å². The highest BCUT2D eigenvalue weighted by atomic mass is 16.5. The van der Waals surface area contributed by atoms with Crippen molar-refractivity contribution in [3.63, 3.8) is 0 Å². The van der Waals surface area contributed by atoms with E-state index >= 15 is 0 Å². The van der Waals surface area contributed by atoms with E-state index in [0.29, 0.717) is 5.56 Å². The molecule has 0 aromatic heterocycles. The van der Waals surface area contributed by atoms with E-state index in [1.54, 1.807) is 0 Å². The smallest absolute Gasteiger partial charge is 0.375 e. The summed E-state index contributed by atoms with van der Waals surface area (Å²) in [6, 6.07) is 5.94. The van der Waals surface area contributed by atoms with E-state index in [1.165, 1.54) is 38.5 Å². The number of rotatable bonds is 4. The van der Waals surface area contributed by atoms with E-state index in [2.05, 4.69) is 0 Å². The Morgan fingerprint density at radius 3 is 2.06 bits per heavy atom. The molecular weight excluding hydrogens is 212 g/mol. The monoisotopic (exact) mass is 224 g/mol. The number of phenolic OH excluding ortho intramolecular Hbond substituents is 1. The lowest BCUT2D eigenvalue weighted by Gasteiger charge is -2.10. The van der Waals surface area contributed by atoms with E-state index in [1.807, 2.05) is 0 Å². The van der Waals surface area contributed by atoms with Gasteiger partial charge in [-0.2, -0.15) is 0 Å². The molecule has 5 heteroatoms. The lowest BCUT2D eigenvalue weighted by Crippen LogP contribution is -2.07.